The van der Waals surface area contributed by atoms with Gasteiger partial charge in [-0.3, -0.25) is 9.59 Å². The van der Waals surface area contributed by atoms with Crippen molar-refractivity contribution in [3.63, 3.8) is 0 Å². The Morgan fingerprint density at radius 1 is 0.968 bits per heavy atom. The first-order valence-electron chi connectivity index (χ1n) is 11.6. The topological polar surface area (TPSA) is 52.7 Å². The second-order valence-corrected chi connectivity index (χ2v) is 8.12. The lowest BCUT2D eigenvalue weighted by Gasteiger charge is -2.31. The zero-order valence-electron chi connectivity index (χ0n) is 19.1. The lowest BCUT2D eigenvalue weighted by molar-refractivity contribution is -0.117. The van der Waals surface area contributed by atoms with Crippen LogP contribution < -0.4 is 10.2 Å². The van der Waals surface area contributed by atoms with Crippen LogP contribution in [0.4, 0.5) is 11.4 Å². The van der Waals surface area contributed by atoms with Gasteiger partial charge < -0.3 is 15.1 Å². The van der Waals surface area contributed by atoms with E-state index in [1.54, 1.807) is 0 Å². The number of piperidine rings is 1. The van der Waals surface area contributed by atoms with Crippen molar-refractivity contribution in [2.24, 2.45) is 0 Å². The monoisotopic (exact) mass is 421 g/mol. The predicted molar refractivity (Wildman–Crippen MR) is 128 cm³/mol. The Labute approximate surface area is 186 Å². The second kappa shape index (κ2) is 11.0. The Hall–Kier alpha value is -2.82. The number of nitrogens with one attached hydrogen (secondary N) is 1. The van der Waals surface area contributed by atoms with Gasteiger partial charge in [0.05, 0.1) is 11.5 Å². The molecule has 1 saturated heterocycles. The van der Waals surface area contributed by atoms with E-state index in [9.17, 15) is 9.59 Å². The molecule has 1 unspecified atom stereocenters. The van der Waals surface area contributed by atoms with Crippen LogP contribution in [0.15, 0.2) is 48.5 Å². The Morgan fingerprint density at radius 3 is 2.26 bits per heavy atom. The summed E-state index contributed by atoms with van der Waals surface area (Å²) in [6, 6.07) is 15.6. The number of hydrogen-bond acceptors (Lipinski definition) is 3. The Balaban J connectivity index is 1.89. The average Bonchev–Trinajstić information content (AvgIpc) is 2.81. The first kappa shape index (κ1) is 22.9. The Bertz CT molecular complexity index is 871. The van der Waals surface area contributed by atoms with Gasteiger partial charge in [0, 0.05) is 37.6 Å². The summed E-state index contributed by atoms with van der Waals surface area (Å²) >= 11 is 0. The Morgan fingerprint density at radius 2 is 1.65 bits per heavy atom. The lowest BCUT2D eigenvalue weighted by atomic mass is 9.95. The molecule has 1 N–H and O–H groups in total. The maximum atomic E-state index is 13.3. The molecule has 0 aromatic heterocycles. The molecule has 5 heteroatoms. The van der Waals surface area contributed by atoms with Gasteiger partial charge in [0.25, 0.3) is 5.91 Å². The van der Waals surface area contributed by atoms with Crippen molar-refractivity contribution in [2.45, 2.75) is 52.4 Å². The third-order valence-electron chi connectivity index (χ3n) is 6.17. The van der Waals surface area contributed by atoms with Crippen molar-refractivity contribution in [1.29, 1.82) is 0 Å². The van der Waals surface area contributed by atoms with Gasteiger partial charge in [-0.25, -0.2) is 0 Å². The fraction of sp³-hybridized carbons (Fsp3) is 0.462. The molecule has 0 spiro atoms. The summed E-state index contributed by atoms with van der Waals surface area (Å²) in [5.41, 5.74) is 3.34. The van der Waals surface area contributed by atoms with Gasteiger partial charge in [-0.2, -0.15) is 0 Å². The molecule has 0 aliphatic carbocycles. The smallest absolute Gasteiger partial charge is 0.256 e. The van der Waals surface area contributed by atoms with Gasteiger partial charge in [0.2, 0.25) is 5.91 Å². The minimum absolute atomic E-state index is 0.0248. The minimum Gasteiger partial charge on any atom is -0.371 e. The van der Waals surface area contributed by atoms with Crippen LogP contribution in [0, 0.1) is 0 Å². The standard InChI is InChI=1S/C26H35N3O2/c1-4-22(20-13-9-7-10-14-20)25(30)27-21-15-16-24(29-17-11-8-12-18-29)23(19-21)26(31)28(5-2)6-3/h7,9-10,13-16,19,22H,4-6,8,11-12,17-18H2,1-3H3,(H,27,30). The highest BCUT2D eigenvalue weighted by Crippen LogP contribution is 2.29. The Kier molecular flexibility index (Phi) is 8.10. The molecule has 1 fully saturated rings. The normalized spacial score (nSPS) is 14.7. The maximum absolute atomic E-state index is 13.3. The predicted octanol–water partition coefficient (Wildman–Crippen LogP) is 5.29. The summed E-state index contributed by atoms with van der Waals surface area (Å²) in [6.45, 7) is 9.28. The number of carbonyl (C=O) groups is 2. The number of benzene rings is 2. The first-order valence-corrected chi connectivity index (χ1v) is 11.6. The lowest BCUT2D eigenvalue weighted by Crippen LogP contribution is -2.35. The number of nitrogens with zero attached hydrogens (tertiary/aromatic N) is 2. The molecule has 3 rings (SSSR count). The van der Waals surface area contributed by atoms with E-state index in [2.05, 4.69) is 10.2 Å². The zero-order valence-corrected chi connectivity index (χ0v) is 19.1. The molecule has 166 valence electrons. The van der Waals surface area contributed by atoms with Crippen LogP contribution in [0.25, 0.3) is 0 Å². The van der Waals surface area contributed by atoms with E-state index < -0.39 is 0 Å². The van der Waals surface area contributed by atoms with Crippen molar-refractivity contribution < 1.29 is 9.59 Å². The fourth-order valence-corrected chi connectivity index (χ4v) is 4.36. The molecule has 1 aliphatic heterocycles. The number of amides is 2. The van der Waals surface area contributed by atoms with Crippen LogP contribution in [0.1, 0.15) is 68.3 Å². The van der Waals surface area contributed by atoms with Crippen LogP contribution in [0.3, 0.4) is 0 Å². The second-order valence-electron chi connectivity index (χ2n) is 8.12. The van der Waals surface area contributed by atoms with Crippen LogP contribution in [0.5, 0.6) is 0 Å². The summed E-state index contributed by atoms with van der Waals surface area (Å²) in [7, 11) is 0. The highest BCUT2D eigenvalue weighted by molar-refractivity contribution is 6.03. The molecule has 2 amide bonds. The SMILES string of the molecule is CCC(C(=O)Nc1ccc(N2CCCCC2)c(C(=O)N(CC)CC)c1)c1ccccc1. The number of rotatable bonds is 8. The summed E-state index contributed by atoms with van der Waals surface area (Å²) in [5, 5.41) is 3.06. The molecule has 31 heavy (non-hydrogen) atoms. The van der Waals surface area contributed by atoms with Gasteiger partial charge >= 0.3 is 0 Å². The quantitative estimate of drug-likeness (QED) is 0.630. The van der Waals surface area contributed by atoms with Gasteiger partial charge in [-0.05, 0) is 63.3 Å². The van der Waals surface area contributed by atoms with E-state index in [4.69, 9.17) is 0 Å². The third-order valence-corrected chi connectivity index (χ3v) is 6.17. The largest absolute Gasteiger partial charge is 0.371 e. The minimum atomic E-state index is -0.218. The van der Waals surface area contributed by atoms with Gasteiger partial charge in [-0.15, -0.1) is 0 Å². The van der Waals surface area contributed by atoms with Crippen molar-refractivity contribution >= 4 is 23.2 Å². The van der Waals surface area contributed by atoms with E-state index in [-0.39, 0.29) is 17.7 Å². The summed E-state index contributed by atoms with van der Waals surface area (Å²) in [6.07, 6.45) is 4.24. The van der Waals surface area contributed by atoms with Crippen LogP contribution in [-0.4, -0.2) is 42.9 Å². The van der Waals surface area contributed by atoms with Crippen LogP contribution in [0.2, 0.25) is 0 Å². The van der Waals surface area contributed by atoms with Gasteiger partial charge in [-0.1, -0.05) is 37.3 Å². The van der Waals surface area contributed by atoms with E-state index in [1.807, 2.05) is 74.2 Å². The van der Waals surface area contributed by atoms with Gasteiger partial charge in [0.1, 0.15) is 0 Å². The van der Waals surface area contributed by atoms with Gasteiger partial charge in [0.15, 0.2) is 0 Å². The number of hydrogen-bond donors (Lipinski definition) is 1. The summed E-state index contributed by atoms with van der Waals surface area (Å²) in [5.74, 6) is -0.234. The van der Waals surface area contributed by atoms with Crippen molar-refractivity contribution in [3.8, 4) is 0 Å². The molecular weight excluding hydrogens is 386 g/mol. The molecule has 2 aromatic carbocycles. The third kappa shape index (κ3) is 5.46. The number of carbonyl (C=O) groups excluding carboxylic acids is 2. The summed E-state index contributed by atoms with van der Waals surface area (Å²) in [4.78, 5) is 30.5. The van der Waals surface area contributed by atoms with Crippen LogP contribution >= 0.6 is 0 Å². The highest BCUT2D eigenvalue weighted by atomic mass is 16.2. The zero-order chi connectivity index (χ0) is 22.2. The number of anilines is 2. The van der Waals surface area contributed by atoms with E-state index in [1.165, 1.54) is 6.42 Å². The molecule has 1 atom stereocenters. The van der Waals surface area contributed by atoms with Crippen LogP contribution in [-0.2, 0) is 4.79 Å². The highest BCUT2D eigenvalue weighted by Gasteiger charge is 2.24. The van der Waals surface area contributed by atoms with E-state index >= 15 is 0 Å². The van der Waals surface area contributed by atoms with Crippen molar-refractivity contribution in [3.05, 3.63) is 59.7 Å². The van der Waals surface area contributed by atoms with Crippen molar-refractivity contribution in [1.82, 2.24) is 4.90 Å². The molecular formula is C26H35N3O2. The molecule has 1 aliphatic rings. The maximum Gasteiger partial charge on any atom is 0.256 e. The van der Waals surface area contributed by atoms with E-state index in [0.29, 0.717) is 30.8 Å². The van der Waals surface area contributed by atoms with E-state index in [0.717, 1.165) is 37.2 Å². The molecule has 5 nitrogen and oxygen atoms in total. The molecule has 0 saturated carbocycles. The summed E-state index contributed by atoms with van der Waals surface area (Å²) < 4.78 is 0. The average molecular weight is 422 g/mol. The molecule has 0 bridgehead atoms. The van der Waals surface area contributed by atoms with Crippen molar-refractivity contribution in [2.75, 3.05) is 36.4 Å². The first-order chi connectivity index (χ1) is 15.1. The molecule has 2 aromatic rings. The molecule has 1 heterocycles. The molecule has 0 radical (unpaired) electrons. The fourth-order valence-electron chi connectivity index (χ4n) is 4.36.